The zero-order chi connectivity index (χ0) is 26.7. The van der Waals surface area contributed by atoms with E-state index in [1.54, 1.807) is 17.0 Å². The molecular formula is C32H40FN3O2. The van der Waals surface area contributed by atoms with Crippen LogP contribution in [0.1, 0.15) is 79.9 Å². The molecule has 4 rings (SSSR count). The summed E-state index contributed by atoms with van der Waals surface area (Å²) in [5.41, 5.74) is 2.58. The Morgan fingerprint density at radius 3 is 2.47 bits per heavy atom. The van der Waals surface area contributed by atoms with Gasteiger partial charge >= 0.3 is 0 Å². The number of amides is 2. The second-order valence-corrected chi connectivity index (χ2v) is 10.4. The van der Waals surface area contributed by atoms with E-state index in [2.05, 4.69) is 35.9 Å². The number of carbonyl (C=O) groups is 2. The lowest BCUT2D eigenvalue weighted by Crippen LogP contribution is -2.47. The van der Waals surface area contributed by atoms with Crippen molar-refractivity contribution >= 4 is 11.8 Å². The molecule has 1 fully saturated rings. The molecule has 202 valence electrons. The maximum absolute atomic E-state index is 13.9. The van der Waals surface area contributed by atoms with Gasteiger partial charge in [0, 0.05) is 36.6 Å². The number of rotatable bonds is 12. The molecule has 0 unspecified atom stereocenters. The van der Waals surface area contributed by atoms with Crippen molar-refractivity contribution in [3.63, 3.8) is 0 Å². The number of carbonyl (C=O) groups excluding carboxylic acids is 2. The standard InChI is InChI=1S/C32H40FN3O2/c1-2-3-10-20-35(32(38)27-15-11-16-28(33)22-27)25-31(37)36(29-17-8-5-9-18-29)24-30-19-12-21-34(30)23-26-13-6-4-7-14-26/h4,6-7,11-16,19,21-22,29H,2-3,5,8-10,17-18,20,23-25H2,1H3. The van der Waals surface area contributed by atoms with Crippen molar-refractivity contribution in [3.05, 3.63) is 95.6 Å². The molecule has 38 heavy (non-hydrogen) atoms. The molecule has 0 spiro atoms. The summed E-state index contributed by atoms with van der Waals surface area (Å²) in [6.45, 7) is 3.86. The van der Waals surface area contributed by atoms with Crippen LogP contribution in [0.4, 0.5) is 4.39 Å². The Balaban J connectivity index is 1.54. The molecule has 1 heterocycles. The van der Waals surface area contributed by atoms with Gasteiger partial charge in [0.15, 0.2) is 0 Å². The van der Waals surface area contributed by atoms with Crippen LogP contribution in [-0.4, -0.2) is 45.3 Å². The Labute approximate surface area is 226 Å². The third-order valence-electron chi connectivity index (χ3n) is 7.50. The first-order valence-electron chi connectivity index (χ1n) is 14.1. The Bertz CT molecular complexity index is 1170. The summed E-state index contributed by atoms with van der Waals surface area (Å²) >= 11 is 0. The van der Waals surface area contributed by atoms with Crippen LogP contribution in [0.3, 0.4) is 0 Å². The second-order valence-electron chi connectivity index (χ2n) is 10.4. The summed E-state index contributed by atoms with van der Waals surface area (Å²) in [6.07, 6.45) is 10.3. The highest BCUT2D eigenvalue weighted by atomic mass is 19.1. The van der Waals surface area contributed by atoms with E-state index in [0.717, 1.165) is 57.2 Å². The summed E-state index contributed by atoms with van der Waals surface area (Å²) in [7, 11) is 0. The van der Waals surface area contributed by atoms with Crippen LogP contribution in [0, 0.1) is 5.82 Å². The number of hydrogen-bond acceptors (Lipinski definition) is 2. The summed E-state index contributed by atoms with van der Waals surface area (Å²) < 4.78 is 16.1. The third-order valence-corrected chi connectivity index (χ3v) is 7.50. The van der Waals surface area contributed by atoms with E-state index >= 15 is 0 Å². The molecule has 0 N–H and O–H groups in total. The molecular weight excluding hydrogens is 477 g/mol. The first kappa shape index (κ1) is 27.6. The van der Waals surface area contributed by atoms with E-state index in [1.807, 2.05) is 29.2 Å². The van der Waals surface area contributed by atoms with E-state index in [9.17, 15) is 14.0 Å². The minimum atomic E-state index is -0.446. The molecule has 0 aliphatic heterocycles. The van der Waals surface area contributed by atoms with Crippen LogP contribution in [-0.2, 0) is 17.9 Å². The number of unbranched alkanes of at least 4 members (excludes halogenated alkanes) is 2. The maximum Gasteiger partial charge on any atom is 0.254 e. The van der Waals surface area contributed by atoms with E-state index in [-0.39, 0.29) is 30.0 Å². The van der Waals surface area contributed by atoms with Crippen molar-refractivity contribution in [2.75, 3.05) is 13.1 Å². The summed E-state index contributed by atoms with van der Waals surface area (Å²) in [6, 6.07) is 20.4. The van der Waals surface area contributed by atoms with Crippen LogP contribution >= 0.6 is 0 Å². The first-order chi connectivity index (χ1) is 18.5. The van der Waals surface area contributed by atoms with E-state index in [0.29, 0.717) is 13.1 Å². The number of nitrogens with zero attached hydrogens (tertiary/aromatic N) is 3. The molecule has 1 aliphatic carbocycles. The van der Waals surface area contributed by atoms with Gasteiger partial charge in [-0.15, -0.1) is 0 Å². The zero-order valence-corrected chi connectivity index (χ0v) is 22.5. The fourth-order valence-corrected chi connectivity index (χ4v) is 5.38. The summed E-state index contributed by atoms with van der Waals surface area (Å²) in [4.78, 5) is 30.9. The molecule has 1 aliphatic rings. The highest BCUT2D eigenvalue weighted by Crippen LogP contribution is 2.25. The Kier molecular flexibility index (Phi) is 10.1. The van der Waals surface area contributed by atoms with Crippen LogP contribution < -0.4 is 0 Å². The lowest BCUT2D eigenvalue weighted by molar-refractivity contribution is -0.135. The van der Waals surface area contributed by atoms with Gasteiger partial charge in [-0.3, -0.25) is 9.59 Å². The molecule has 0 atom stereocenters. The van der Waals surface area contributed by atoms with Crippen molar-refractivity contribution in [3.8, 4) is 0 Å². The van der Waals surface area contributed by atoms with Crippen molar-refractivity contribution in [2.45, 2.75) is 77.4 Å². The van der Waals surface area contributed by atoms with Gasteiger partial charge in [0.1, 0.15) is 12.4 Å². The predicted molar refractivity (Wildman–Crippen MR) is 149 cm³/mol. The van der Waals surface area contributed by atoms with Gasteiger partial charge < -0.3 is 14.4 Å². The number of benzene rings is 2. The highest BCUT2D eigenvalue weighted by molar-refractivity contribution is 5.96. The monoisotopic (exact) mass is 517 g/mol. The van der Waals surface area contributed by atoms with Crippen molar-refractivity contribution in [1.29, 1.82) is 0 Å². The molecule has 1 aromatic heterocycles. The minimum absolute atomic E-state index is 0.00888. The SMILES string of the molecule is CCCCCN(CC(=O)N(Cc1cccn1Cc1ccccc1)C1CCCCC1)C(=O)c1cccc(F)c1. The average molecular weight is 518 g/mol. The lowest BCUT2D eigenvalue weighted by atomic mass is 9.94. The fourth-order valence-electron chi connectivity index (χ4n) is 5.38. The number of aromatic nitrogens is 1. The van der Waals surface area contributed by atoms with Gasteiger partial charge in [0.25, 0.3) is 5.91 Å². The maximum atomic E-state index is 13.9. The topological polar surface area (TPSA) is 45.6 Å². The molecule has 0 bridgehead atoms. The molecule has 0 saturated heterocycles. The molecule has 3 aromatic rings. The Morgan fingerprint density at radius 1 is 0.947 bits per heavy atom. The van der Waals surface area contributed by atoms with Crippen molar-refractivity contribution in [2.24, 2.45) is 0 Å². The Morgan fingerprint density at radius 2 is 1.74 bits per heavy atom. The van der Waals surface area contributed by atoms with E-state index in [4.69, 9.17) is 0 Å². The van der Waals surface area contributed by atoms with E-state index < -0.39 is 5.82 Å². The zero-order valence-electron chi connectivity index (χ0n) is 22.5. The fraction of sp³-hybridized carbons (Fsp3) is 0.438. The van der Waals surface area contributed by atoms with Crippen LogP contribution in [0.2, 0.25) is 0 Å². The molecule has 0 radical (unpaired) electrons. The largest absolute Gasteiger partial charge is 0.345 e. The third kappa shape index (κ3) is 7.56. The summed E-state index contributed by atoms with van der Waals surface area (Å²) in [5, 5.41) is 0. The van der Waals surface area contributed by atoms with Gasteiger partial charge in [-0.05, 0) is 55.2 Å². The molecule has 1 saturated carbocycles. The van der Waals surface area contributed by atoms with Gasteiger partial charge in [-0.1, -0.05) is 75.4 Å². The molecule has 2 amide bonds. The van der Waals surface area contributed by atoms with Gasteiger partial charge in [-0.2, -0.15) is 0 Å². The normalized spacial score (nSPS) is 13.8. The second kappa shape index (κ2) is 13.9. The van der Waals surface area contributed by atoms with Crippen LogP contribution in [0.5, 0.6) is 0 Å². The Hall–Kier alpha value is -3.41. The lowest BCUT2D eigenvalue weighted by Gasteiger charge is -2.36. The molecule has 6 heteroatoms. The number of hydrogen-bond donors (Lipinski definition) is 0. The average Bonchev–Trinajstić information content (AvgIpc) is 3.38. The summed E-state index contributed by atoms with van der Waals surface area (Å²) in [5.74, 6) is -0.769. The van der Waals surface area contributed by atoms with Crippen molar-refractivity contribution < 1.29 is 14.0 Å². The smallest absolute Gasteiger partial charge is 0.254 e. The first-order valence-corrected chi connectivity index (χ1v) is 14.1. The van der Waals surface area contributed by atoms with E-state index in [1.165, 1.54) is 24.1 Å². The van der Waals surface area contributed by atoms with Gasteiger partial charge in [0.05, 0.1) is 6.54 Å². The van der Waals surface area contributed by atoms with Crippen molar-refractivity contribution in [1.82, 2.24) is 14.4 Å². The number of halogens is 1. The highest BCUT2D eigenvalue weighted by Gasteiger charge is 2.29. The van der Waals surface area contributed by atoms with Gasteiger partial charge in [0.2, 0.25) is 5.91 Å². The minimum Gasteiger partial charge on any atom is -0.345 e. The quantitative estimate of drug-likeness (QED) is 0.252. The van der Waals surface area contributed by atoms with Crippen LogP contribution in [0.15, 0.2) is 72.9 Å². The molecule has 5 nitrogen and oxygen atoms in total. The predicted octanol–water partition coefficient (Wildman–Crippen LogP) is 6.67. The van der Waals surface area contributed by atoms with Crippen LogP contribution in [0.25, 0.3) is 0 Å². The van der Waals surface area contributed by atoms with Gasteiger partial charge in [-0.25, -0.2) is 4.39 Å². The molecule has 2 aromatic carbocycles.